The van der Waals surface area contributed by atoms with E-state index >= 15 is 0 Å². The lowest BCUT2D eigenvalue weighted by molar-refractivity contribution is -0.130. The number of hydrogen-bond donors (Lipinski definition) is 2. The van der Waals surface area contributed by atoms with E-state index in [0.717, 1.165) is 0 Å². The first kappa shape index (κ1) is 25.7. The number of thiophene rings is 1. The molecule has 2 N–H and O–H groups in total. The maximum absolute atomic E-state index is 13.6. The Morgan fingerprint density at radius 1 is 1.03 bits per heavy atom. The third kappa shape index (κ3) is 5.23. The van der Waals surface area contributed by atoms with Crippen molar-refractivity contribution in [3.05, 3.63) is 76.5 Å². The first-order valence-corrected chi connectivity index (χ1v) is 13.8. The van der Waals surface area contributed by atoms with Crippen molar-refractivity contribution in [2.75, 3.05) is 26.0 Å². The van der Waals surface area contributed by atoms with Crippen LogP contribution in [0.3, 0.4) is 0 Å². The van der Waals surface area contributed by atoms with Crippen LogP contribution in [-0.2, 0) is 19.4 Å². The molecule has 0 radical (unpaired) electrons. The quantitative estimate of drug-likeness (QED) is 0.354. The molecule has 0 bridgehead atoms. The second-order valence-corrected chi connectivity index (χ2v) is 11.6. The van der Waals surface area contributed by atoms with Gasteiger partial charge in [0, 0.05) is 18.5 Å². The molecule has 2 amide bonds. The van der Waals surface area contributed by atoms with Crippen LogP contribution in [0.25, 0.3) is 0 Å². The fourth-order valence-corrected chi connectivity index (χ4v) is 7.04. The average Bonchev–Trinajstić information content (AvgIpc) is 3.39. The molecule has 1 saturated heterocycles. The van der Waals surface area contributed by atoms with Gasteiger partial charge in [-0.3, -0.25) is 14.8 Å². The topological polar surface area (TPSA) is 122 Å². The van der Waals surface area contributed by atoms with Gasteiger partial charge in [-0.15, -0.1) is 0 Å². The van der Waals surface area contributed by atoms with Crippen molar-refractivity contribution in [2.24, 2.45) is 0 Å². The monoisotopic (exact) mass is 530 g/mol. The molecule has 1 aliphatic heterocycles. The van der Waals surface area contributed by atoms with Crippen LogP contribution in [0.4, 0.5) is 0 Å². The Labute approximate surface area is 213 Å². The Balaban J connectivity index is 1.63. The summed E-state index contributed by atoms with van der Waals surface area (Å²) in [6.45, 7) is 0.148. The second kappa shape index (κ2) is 10.7. The van der Waals surface area contributed by atoms with E-state index in [-0.39, 0.29) is 31.2 Å². The van der Waals surface area contributed by atoms with Crippen molar-refractivity contribution < 1.29 is 32.7 Å². The van der Waals surface area contributed by atoms with Gasteiger partial charge in [0.25, 0.3) is 5.91 Å². The van der Waals surface area contributed by atoms with Crippen LogP contribution in [-0.4, -0.2) is 56.3 Å². The summed E-state index contributed by atoms with van der Waals surface area (Å²) in [4.78, 5) is 26.7. The predicted octanol–water partition coefficient (Wildman–Crippen LogP) is 3.60. The molecule has 1 aliphatic rings. The summed E-state index contributed by atoms with van der Waals surface area (Å²) in [5.41, 5.74) is 2.44. The van der Waals surface area contributed by atoms with Crippen molar-refractivity contribution in [1.29, 1.82) is 0 Å². The lowest BCUT2D eigenvalue weighted by atomic mass is 9.90. The first-order valence-electron chi connectivity index (χ1n) is 11.2. The molecule has 11 heteroatoms. The van der Waals surface area contributed by atoms with Crippen LogP contribution < -0.4 is 15.0 Å². The van der Waals surface area contributed by atoms with Crippen LogP contribution >= 0.6 is 11.3 Å². The van der Waals surface area contributed by atoms with Crippen LogP contribution in [0.2, 0.25) is 0 Å². The molecule has 4 rings (SSSR count). The second-order valence-electron chi connectivity index (χ2n) is 8.38. The van der Waals surface area contributed by atoms with E-state index in [1.807, 2.05) is 0 Å². The normalized spacial score (nSPS) is 19.2. The van der Waals surface area contributed by atoms with Crippen molar-refractivity contribution in [3.8, 4) is 17.2 Å². The van der Waals surface area contributed by atoms with Gasteiger partial charge in [0.15, 0.2) is 9.84 Å². The largest absolute Gasteiger partial charge is 0.497 e. The van der Waals surface area contributed by atoms with Crippen molar-refractivity contribution in [1.82, 2.24) is 10.4 Å². The number of sulfone groups is 1. The SMILES string of the molecule is COc1ccc(Oc2ccc(C3(CC(=O)NO)CCN(C(=O)c4ccsc4)CCS3(=O)=O)cc2)cc1. The van der Waals surface area contributed by atoms with Gasteiger partial charge in [0.1, 0.15) is 22.0 Å². The molecule has 1 atom stereocenters. The Morgan fingerprint density at radius 3 is 2.25 bits per heavy atom. The highest BCUT2D eigenvalue weighted by molar-refractivity contribution is 7.92. The molecule has 3 aromatic rings. The van der Waals surface area contributed by atoms with E-state index in [9.17, 15) is 23.2 Å². The number of nitrogens with one attached hydrogen (secondary N) is 1. The zero-order chi connectivity index (χ0) is 25.8. The molecule has 0 spiro atoms. The number of benzene rings is 2. The van der Waals surface area contributed by atoms with E-state index in [0.29, 0.717) is 28.4 Å². The number of carbonyl (C=O) groups is 2. The minimum Gasteiger partial charge on any atom is -0.497 e. The summed E-state index contributed by atoms with van der Waals surface area (Å²) >= 11 is 1.38. The minimum atomic E-state index is -3.91. The van der Waals surface area contributed by atoms with Gasteiger partial charge in [-0.25, -0.2) is 13.9 Å². The van der Waals surface area contributed by atoms with Crippen molar-refractivity contribution >= 4 is 33.0 Å². The third-order valence-corrected chi connectivity index (χ3v) is 9.49. The number of methoxy groups -OCH3 is 1. The average molecular weight is 531 g/mol. The maximum Gasteiger partial charge on any atom is 0.254 e. The zero-order valence-electron chi connectivity index (χ0n) is 19.5. The van der Waals surface area contributed by atoms with Gasteiger partial charge >= 0.3 is 0 Å². The first-order chi connectivity index (χ1) is 17.3. The predicted molar refractivity (Wildman–Crippen MR) is 134 cm³/mol. The molecule has 2 heterocycles. The molecule has 0 saturated carbocycles. The molecular weight excluding hydrogens is 504 g/mol. The number of carbonyl (C=O) groups excluding carboxylic acids is 2. The van der Waals surface area contributed by atoms with Gasteiger partial charge in [0.2, 0.25) is 5.91 Å². The number of rotatable bonds is 7. The van der Waals surface area contributed by atoms with Gasteiger partial charge in [0.05, 0.1) is 24.8 Å². The number of amides is 2. The number of hydroxylamine groups is 1. The zero-order valence-corrected chi connectivity index (χ0v) is 21.2. The Morgan fingerprint density at radius 2 is 1.67 bits per heavy atom. The Hall–Kier alpha value is -3.41. The molecule has 0 aliphatic carbocycles. The lowest BCUT2D eigenvalue weighted by Crippen LogP contribution is -2.42. The van der Waals surface area contributed by atoms with E-state index in [2.05, 4.69) is 0 Å². The highest BCUT2D eigenvalue weighted by Crippen LogP contribution is 2.41. The van der Waals surface area contributed by atoms with Crippen molar-refractivity contribution in [3.63, 3.8) is 0 Å². The van der Waals surface area contributed by atoms with E-state index in [1.54, 1.807) is 77.9 Å². The highest BCUT2D eigenvalue weighted by Gasteiger charge is 2.48. The van der Waals surface area contributed by atoms with Crippen LogP contribution in [0.15, 0.2) is 65.4 Å². The van der Waals surface area contributed by atoms with E-state index in [1.165, 1.54) is 16.2 Å². The van der Waals surface area contributed by atoms with Gasteiger partial charge < -0.3 is 14.4 Å². The minimum absolute atomic E-state index is 0.00266. The number of nitrogens with zero attached hydrogens (tertiary/aromatic N) is 1. The van der Waals surface area contributed by atoms with Crippen LogP contribution in [0, 0.1) is 0 Å². The van der Waals surface area contributed by atoms with E-state index < -0.39 is 26.9 Å². The summed E-state index contributed by atoms with van der Waals surface area (Å²) in [7, 11) is -2.34. The van der Waals surface area contributed by atoms with Gasteiger partial charge in [-0.05, 0) is 59.8 Å². The summed E-state index contributed by atoms with van der Waals surface area (Å²) in [5.74, 6) is 0.346. The summed E-state index contributed by atoms with van der Waals surface area (Å²) in [6, 6.07) is 15.2. The molecule has 1 fully saturated rings. The smallest absolute Gasteiger partial charge is 0.254 e. The lowest BCUT2D eigenvalue weighted by Gasteiger charge is -2.32. The number of ether oxygens (including phenoxy) is 2. The Bertz CT molecular complexity index is 1310. The molecule has 9 nitrogen and oxygen atoms in total. The molecule has 36 heavy (non-hydrogen) atoms. The molecule has 2 aromatic carbocycles. The summed E-state index contributed by atoms with van der Waals surface area (Å²) < 4.78 is 36.6. The van der Waals surface area contributed by atoms with Gasteiger partial charge in [-0.2, -0.15) is 11.3 Å². The highest BCUT2D eigenvalue weighted by atomic mass is 32.2. The molecular formula is C25H26N2O7S2. The Kier molecular flexibility index (Phi) is 7.62. The molecule has 1 unspecified atom stereocenters. The molecule has 1 aromatic heterocycles. The maximum atomic E-state index is 13.6. The third-order valence-electron chi connectivity index (χ3n) is 6.31. The van der Waals surface area contributed by atoms with Crippen LogP contribution in [0.1, 0.15) is 28.8 Å². The van der Waals surface area contributed by atoms with Crippen LogP contribution in [0.5, 0.6) is 17.2 Å². The number of hydrogen-bond acceptors (Lipinski definition) is 8. The van der Waals surface area contributed by atoms with Gasteiger partial charge in [-0.1, -0.05) is 12.1 Å². The molecule has 190 valence electrons. The summed E-state index contributed by atoms with van der Waals surface area (Å²) in [6.07, 6.45) is -0.484. The summed E-state index contributed by atoms with van der Waals surface area (Å²) in [5, 5.41) is 12.7. The van der Waals surface area contributed by atoms with Crippen molar-refractivity contribution in [2.45, 2.75) is 17.6 Å². The fourth-order valence-electron chi connectivity index (χ4n) is 4.31. The standard InChI is InChI=1S/C25H26N2O7S2/c1-33-20-6-8-22(9-7-20)34-21-4-2-19(3-5-21)25(16-23(28)26-30)11-12-27(13-15-36(25,31)32)24(29)18-10-14-35-17-18/h2-10,14,17,30H,11-13,15-16H2,1H3,(H,26,28). The fraction of sp³-hybridized carbons (Fsp3) is 0.280. The van der Waals surface area contributed by atoms with E-state index in [4.69, 9.17) is 9.47 Å².